The van der Waals surface area contributed by atoms with E-state index in [9.17, 15) is 0 Å². The number of benzene rings is 1. The van der Waals surface area contributed by atoms with Gasteiger partial charge in [0.25, 0.3) is 0 Å². The fraction of sp³-hybridized carbons (Fsp3) is 0.667. The van der Waals surface area contributed by atoms with Crippen molar-refractivity contribution in [3.05, 3.63) is 30.3 Å². The minimum atomic E-state index is 0.348. The average Bonchev–Trinajstić information content (AvgIpc) is 3.46. The molecule has 1 aliphatic carbocycles. The first-order chi connectivity index (χ1) is 13.2. The molecule has 6 heteroatoms. The molecule has 2 aliphatic rings. The number of nitrogens with zero attached hydrogens (tertiary/aromatic N) is 3. The highest BCUT2D eigenvalue weighted by molar-refractivity contribution is 8.01. The number of piperazine rings is 1. The van der Waals surface area contributed by atoms with Crippen molar-refractivity contribution in [1.29, 1.82) is 0 Å². The van der Waals surface area contributed by atoms with Gasteiger partial charge in [-0.15, -0.1) is 11.8 Å². The van der Waals surface area contributed by atoms with Crippen molar-refractivity contribution < 1.29 is 0 Å². The largest absolute Gasteiger partial charge is 0.356 e. The van der Waals surface area contributed by atoms with Gasteiger partial charge < -0.3 is 20.4 Å². The van der Waals surface area contributed by atoms with Crippen LogP contribution in [0.1, 0.15) is 25.7 Å². The quantitative estimate of drug-likeness (QED) is 0.386. The van der Waals surface area contributed by atoms with Gasteiger partial charge in [-0.25, -0.2) is 0 Å². The first-order valence-electron chi connectivity index (χ1n) is 10.3. The molecule has 5 nitrogen and oxygen atoms in total. The topological polar surface area (TPSA) is 42.9 Å². The second kappa shape index (κ2) is 10.3. The molecule has 150 valence electrons. The minimum absolute atomic E-state index is 0.348. The van der Waals surface area contributed by atoms with E-state index in [1.165, 1.54) is 63.3 Å². The van der Waals surface area contributed by atoms with Crippen LogP contribution in [0.4, 0.5) is 0 Å². The molecule has 1 aromatic carbocycles. The van der Waals surface area contributed by atoms with Gasteiger partial charge in [-0.05, 0) is 51.4 Å². The van der Waals surface area contributed by atoms with Crippen LogP contribution >= 0.6 is 11.8 Å². The number of guanidine groups is 1. The zero-order valence-corrected chi connectivity index (χ0v) is 17.7. The maximum Gasteiger partial charge on any atom is 0.191 e. The van der Waals surface area contributed by atoms with Gasteiger partial charge in [0.05, 0.1) is 0 Å². The van der Waals surface area contributed by atoms with Crippen LogP contribution in [0.3, 0.4) is 0 Å². The Labute approximate surface area is 169 Å². The highest BCUT2D eigenvalue weighted by Crippen LogP contribution is 2.51. The molecule has 1 aliphatic heterocycles. The SMILES string of the molecule is CN=C(NCCCCN1CCN(C)CC1)NCC1(Sc2ccccc2)CC1. The number of rotatable bonds is 9. The van der Waals surface area contributed by atoms with E-state index in [4.69, 9.17) is 0 Å². The summed E-state index contributed by atoms with van der Waals surface area (Å²) >= 11 is 2.00. The molecule has 0 unspecified atom stereocenters. The van der Waals surface area contributed by atoms with Gasteiger partial charge in [-0.1, -0.05) is 18.2 Å². The summed E-state index contributed by atoms with van der Waals surface area (Å²) in [6.45, 7) is 8.04. The van der Waals surface area contributed by atoms with Crippen molar-refractivity contribution in [3.8, 4) is 0 Å². The van der Waals surface area contributed by atoms with Gasteiger partial charge in [-0.2, -0.15) is 0 Å². The lowest BCUT2D eigenvalue weighted by atomic mass is 10.2. The van der Waals surface area contributed by atoms with Gasteiger partial charge >= 0.3 is 0 Å². The summed E-state index contributed by atoms with van der Waals surface area (Å²) in [4.78, 5) is 10.8. The standard InChI is InChI=1S/C21H35N5S/c1-22-20(23-12-6-7-13-26-16-14-25(2)15-17-26)24-18-21(10-11-21)27-19-8-4-3-5-9-19/h3-5,8-9H,6-7,10-18H2,1-2H3,(H2,22,23,24). The van der Waals surface area contributed by atoms with Crippen LogP contribution in [-0.2, 0) is 0 Å². The molecular formula is C21H35N5S. The third-order valence-electron chi connectivity index (χ3n) is 5.48. The molecule has 0 amide bonds. The molecule has 1 heterocycles. The van der Waals surface area contributed by atoms with Crippen molar-refractivity contribution in [2.75, 3.05) is 59.9 Å². The van der Waals surface area contributed by atoms with E-state index in [1.54, 1.807) is 0 Å². The molecule has 3 rings (SSSR count). The van der Waals surface area contributed by atoms with Gasteiger partial charge in [0.2, 0.25) is 0 Å². The van der Waals surface area contributed by atoms with Gasteiger partial charge in [0, 0.05) is 56.0 Å². The number of aliphatic imine (C=N–C) groups is 1. The molecule has 0 aromatic heterocycles. The van der Waals surface area contributed by atoms with Crippen molar-refractivity contribution in [2.45, 2.75) is 35.3 Å². The summed E-state index contributed by atoms with van der Waals surface area (Å²) < 4.78 is 0.348. The fourth-order valence-electron chi connectivity index (χ4n) is 3.40. The van der Waals surface area contributed by atoms with Crippen LogP contribution in [0.2, 0.25) is 0 Å². The van der Waals surface area contributed by atoms with Gasteiger partial charge in [0.15, 0.2) is 5.96 Å². The van der Waals surface area contributed by atoms with Gasteiger partial charge in [-0.3, -0.25) is 4.99 Å². The Bertz CT molecular complexity index is 579. The molecule has 2 N–H and O–H groups in total. The molecule has 1 aromatic rings. The normalized spacial score (nSPS) is 20.4. The summed E-state index contributed by atoms with van der Waals surface area (Å²) in [5, 5.41) is 7.02. The van der Waals surface area contributed by atoms with E-state index in [2.05, 4.69) is 62.8 Å². The maximum atomic E-state index is 4.39. The average molecular weight is 390 g/mol. The molecule has 0 bridgehead atoms. The predicted molar refractivity (Wildman–Crippen MR) is 117 cm³/mol. The highest BCUT2D eigenvalue weighted by atomic mass is 32.2. The van der Waals surface area contributed by atoms with Crippen LogP contribution < -0.4 is 10.6 Å². The van der Waals surface area contributed by atoms with E-state index < -0.39 is 0 Å². The molecule has 1 saturated heterocycles. The second-order valence-electron chi connectivity index (χ2n) is 7.80. The number of hydrogen-bond donors (Lipinski definition) is 2. The number of likely N-dealkylation sites (N-methyl/N-ethyl adjacent to an activating group) is 1. The van der Waals surface area contributed by atoms with Crippen molar-refractivity contribution >= 4 is 17.7 Å². The zero-order chi connectivity index (χ0) is 19.0. The zero-order valence-electron chi connectivity index (χ0n) is 16.9. The lowest BCUT2D eigenvalue weighted by Crippen LogP contribution is -2.45. The summed E-state index contributed by atoms with van der Waals surface area (Å²) in [6.07, 6.45) is 5.00. The first-order valence-corrected chi connectivity index (χ1v) is 11.1. The van der Waals surface area contributed by atoms with E-state index in [1.807, 2.05) is 18.8 Å². The summed E-state index contributed by atoms with van der Waals surface area (Å²) in [5.74, 6) is 0.939. The van der Waals surface area contributed by atoms with E-state index >= 15 is 0 Å². The maximum absolute atomic E-state index is 4.39. The van der Waals surface area contributed by atoms with Crippen molar-refractivity contribution in [3.63, 3.8) is 0 Å². The number of nitrogens with one attached hydrogen (secondary N) is 2. The Kier molecular flexibility index (Phi) is 7.85. The van der Waals surface area contributed by atoms with Crippen LogP contribution in [-0.4, -0.2) is 80.4 Å². The van der Waals surface area contributed by atoms with E-state index in [0.29, 0.717) is 4.75 Å². The molecule has 0 radical (unpaired) electrons. The number of unbranched alkanes of at least 4 members (excludes halogenated alkanes) is 1. The van der Waals surface area contributed by atoms with Gasteiger partial charge in [0.1, 0.15) is 0 Å². The fourth-order valence-corrected chi connectivity index (χ4v) is 4.64. The Hall–Kier alpha value is -1.24. The molecule has 1 saturated carbocycles. The predicted octanol–water partition coefficient (Wildman–Crippen LogP) is 2.50. The lowest BCUT2D eigenvalue weighted by molar-refractivity contribution is 0.152. The molecule has 0 atom stereocenters. The minimum Gasteiger partial charge on any atom is -0.356 e. The highest BCUT2D eigenvalue weighted by Gasteiger charge is 2.43. The van der Waals surface area contributed by atoms with E-state index in [0.717, 1.165) is 19.0 Å². The molecule has 27 heavy (non-hydrogen) atoms. The Morgan fingerprint density at radius 3 is 2.48 bits per heavy atom. The van der Waals surface area contributed by atoms with Crippen LogP contribution in [0.5, 0.6) is 0 Å². The second-order valence-corrected chi connectivity index (χ2v) is 9.34. The molecule has 2 fully saturated rings. The summed E-state index contributed by atoms with van der Waals surface area (Å²) in [5.41, 5.74) is 0. The molecule has 0 spiro atoms. The number of hydrogen-bond acceptors (Lipinski definition) is 4. The summed E-state index contributed by atoms with van der Waals surface area (Å²) in [7, 11) is 4.08. The third-order valence-corrected chi connectivity index (χ3v) is 6.97. The van der Waals surface area contributed by atoms with Crippen molar-refractivity contribution in [2.24, 2.45) is 4.99 Å². The Balaban J connectivity index is 1.28. The third kappa shape index (κ3) is 7.01. The molecular weight excluding hydrogens is 354 g/mol. The van der Waals surface area contributed by atoms with E-state index in [-0.39, 0.29) is 0 Å². The van der Waals surface area contributed by atoms with Crippen LogP contribution in [0, 0.1) is 0 Å². The number of thioether (sulfide) groups is 1. The summed E-state index contributed by atoms with van der Waals surface area (Å²) in [6, 6.07) is 10.7. The first kappa shape index (κ1) is 20.5. The Morgan fingerprint density at radius 2 is 1.81 bits per heavy atom. The Morgan fingerprint density at radius 1 is 1.07 bits per heavy atom. The van der Waals surface area contributed by atoms with Crippen molar-refractivity contribution in [1.82, 2.24) is 20.4 Å². The monoisotopic (exact) mass is 389 g/mol. The lowest BCUT2D eigenvalue weighted by Gasteiger charge is -2.32. The van der Waals surface area contributed by atoms with Crippen LogP contribution in [0.25, 0.3) is 0 Å². The van der Waals surface area contributed by atoms with Crippen LogP contribution in [0.15, 0.2) is 40.2 Å². The smallest absolute Gasteiger partial charge is 0.191 e.